The smallest absolute Gasteiger partial charge is 0.319 e. The van der Waals surface area contributed by atoms with Crippen molar-refractivity contribution in [3.05, 3.63) is 65.5 Å². The summed E-state index contributed by atoms with van der Waals surface area (Å²) in [4.78, 5) is 20.4. The molecule has 2 heterocycles. The van der Waals surface area contributed by atoms with Gasteiger partial charge in [-0.15, -0.1) is 0 Å². The van der Waals surface area contributed by atoms with Crippen molar-refractivity contribution in [3.63, 3.8) is 0 Å². The Balaban J connectivity index is 1.71. The average molecular weight is 537 g/mol. The molecule has 2 N–H and O–H groups in total. The number of carbonyl (C=O) groups excluding carboxylic acids is 1. The number of pyridine rings is 1. The van der Waals surface area contributed by atoms with Crippen LogP contribution in [-0.2, 0) is 12.8 Å². The lowest BCUT2D eigenvalue weighted by Crippen LogP contribution is -2.45. The van der Waals surface area contributed by atoms with Gasteiger partial charge in [0.1, 0.15) is 0 Å². The second-order valence-electron chi connectivity index (χ2n) is 9.15. The van der Waals surface area contributed by atoms with Crippen LogP contribution < -0.4 is 34.3 Å². The monoisotopic (exact) mass is 536 g/mol. The Morgan fingerprint density at radius 1 is 0.974 bits per heavy atom. The Labute approximate surface area is 229 Å². The van der Waals surface area contributed by atoms with Crippen LogP contribution >= 0.6 is 0 Å². The summed E-state index contributed by atoms with van der Waals surface area (Å²) in [5, 5.41) is 0. The molecule has 2 amide bonds. The molecule has 0 saturated carbocycles. The number of hydrogen-bond acceptors (Lipinski definition) is 8. The molecule has 1 unspecified atom stereocenters. The SMILES string of the molecule is COc1cc2c(cc1OC)C(Cc1cc(OC)c(OC)c(OC)c1)N(CCN(C(N)=O)c1cccnc1)CC2. The van der Waals surface area contributed by atoms with Crippen molar-refractivity contribution in [1.29, 1.82) is 0 Å². The van der Waals surface area contributed by atoms with Crippen molar-refractivity contribution in [1.82, 2.24) is 9.88 Å². The van der Waals surface area contributed by atoms with Crippen molar-refractivity contribution >= 4 is 11.7 Å². The van der Waals surface area contributed by atoms with E-state index in [0.29, 0.717) is 53.9 Å². The highest BCUT2D eigenvalue weighted by Gasteiger charge is 2.31. The Kier molecular flexibility index (Phi) is 8.98. The number of aromatic nitrogens is 1. The third-order valence-corrected chi connectivity index (χ3v) is 7.10. The van der Waals surface area contributed by atoms with E-state index in [-0.39, 0.29) is 6.04 Å². The van der Waals surface area contributed by atoms with Gasteiger partial charge in [0, 0.05) is 31.9 Å². The van der Waals surface area contributed by atoms with Crippen molar-refractivity contribution in [3.8, 4) is 28.7 Å². The fraction of sp³-hybridized carbons (Fsp3) is 0.379. The zero-order chi connectivity index (χ0) is 27.9. The first kappa shape index (κ1) is 27.8. The van der Waals surface area contributed by atoms with E-state index in [0.717, 1.165) is 24.1 Å². The first-order valence-corrected chi connectivity index (χ1v) is 12.7. The molecule has 10 nitrogen and oxygen atoms in total. The number of benzene rings is 2. The molecule has 39 heavy (non-hydrogen) atoms. The van der Waals surface area contributed by atoms with Crippen LogP contribution in [0, 0.1) is 0 Å². The fourth-order valence-corrected chi connectivity index (χ4v) is 5.17. The molecule has 0 radical (unpaired) electrons. The van der Waals surface area contributed by atoms with Gasteiger partial charge < -0.3 is 29.4 Å². The third-order valence-electron chi connectivity index (χ3n) is 7.10. The molecular formula is C29H36N4O6. The second-order valence-corrected chi connectivity index (χ2v) is 9.15. The molecule has 3 aromatic rings. The highest BCUT2D eigenvalue weighted by molar-refractivity contribution is 5.90. The molecule has 1 aromatic heterocycles. The van der Waals surface area contributed by atoms with Crippen LogP contribution in [0.1, 0.15) is 22.7 Å². The number of anilines is 1. The van der Waals surface area contributed by atoms with Crippen LogP contribution in [0.5, 0.6) is 28.7 Å². The van der Waals surface area contributed by atoms with Crippen LogP contribution in [0.15, 0.2) is 48.8 Å². The maximum atomic E-state index is 12.3. The minimum absolute atomic E-state index is 0.0278. The van der Waals surface area contributed by atoms with Gasteiger partial charge in [0.2, 0.25) is 5.75 Å². The van der Waals surface area contributed by atoms with Gasteiger partial charge >= 0.3 is 6.03 Å². The summed E-state index contributed by atoms with van der Waals surface area (Å²) in [6, 6.07) is 11.1. The van der Waals surface area contributed by atoms with E-state index in [9.17, 15) is 4.79 Å². The molecule has 2 aromatic carbocycles. The third kappa shape index (κ3) is 5.96. The predicted molar refractivity (Wildman–Crippen MR) is 149 cm³/mol. The number of amides is 2. The molecular weight excluding hydrogens is 500 g/mol. The minimum atomic E-state index is -0.520. The molecule has 0 fully saturated rings. The molecule has 1 atom stereocenters. The van der Waals surface area contributed by atoms with E-state index in [1.165, 1.54) is 5.56 Å². The number of methoxy groups -OCH3 is 5. The first-order valence-electron chi connectivity index (χ1n) is 12.7. The number of rotatable bonds is 11. The van der Waals surface area contributed by atoms with E-state index in [1.54, 1.807) is 58.9 Å². The standard InChI is InChI=1S/C29H36N4O6/c1-35-24-16-20-8-10-32(11-12-33(29(30)34)21-7-6-9-31-18-21)23(22(20)17-25(24)36-2)13-19-14-26(37-3)28(39-5)27(15-19)38-4/h6-7,9,14-18,23H,8,10-13H2,1-5H3,(H2,30,34). The van der Waals surface area contributed by atoms with E-state index in [1.807, 2.05) is 18.2 Å². The number of ether oxygens (including phenoxy) is 5. The number of primary amides is 1. The molecule has 1 aliphatic rings. The van der Waals surface area contributed by atoms with Gasteiger partial charge in [-0.3, -0.25) is 14.8 Å². The number of nitrogens with two attached hydrogens (primary N) is 1. The quantitative estimate of drug-likeness (QED) is 0.394. The molecule has 0 saturated heterocycles. The number of hydrogen-bond donors (Lipinski definition) is 1. The Morgan fingerprint density at radius 2 is 1.64 bits per heavy atom. The van der Waals surface area contributed by atoms with E-state index in [4.69, 9.17) is 29.4 Å². The average Bonchev–Trinajstić information content (AvgIpc) is 2.97. The predicted octanol–water partition coefficient (Wildman–Crippen LogP) is 3.85. The number of urea groups is 1. The molecule has 10 heteroatoms. The Morgan fingerprint density at radius 3 is 2.21 bits per heavy atom. The van der Waals surface area contributed by atoms with E-state index in [2.05, 4.69) is 22.0 Å². The van der Waals surface area contributed by atoms with Crippen LogP contribution in [0.2, 0.25) is 0 Å². The summed E-state index contributed by atoms with van der Waals surface area (Å²) in [5.74, 6) is 3.11. The van der Waals surface area contributed by atoms with Crippen LogP contribution in [-0.4, -0.2) is 71.1 Å². The van der Waals surface area contributed by atoms with Gasteiger partial charge in [-0.05, 0) is 65.9 Å². The molecule has 0 spiro atoms. The highest BCUT2D eigenvalue weighted by Crippen LogP contribution is 2.42. The summed E-state index contributed by atoms with van der Waals surface area (Å²) >= 11 is 0. The molecule has 4 rings (SSSR count). The fourth-order valence-electron chi connectivity index (χ4n) is 5.17. The largest absolute Gasteiger partial charge is 0.493 e. The maximum absolute atomic E-state index is 12.3. The first-order chi connectivity index (χ1) is 18.9. The highest BCUT2D eigenvalue weighted by atomic mass is 16.5. The number of nitrogens with zero attached hydrogens (tertiary/aromatic N) is 3. The summed E-state index contributed by atoms with van der Waals surface area (Å²) < 4.78 is 28.0. The van der Waals surface area contributed by atoms with Gasteiger partial charge in [0.25, 0.3) is 0 Å². The Hall–Kier alpha value is -4.18. The zero-order valence-electron chi connectivity index (χ0n) is 23.1. The lowest BCUT2D eigenvalue weighted by molar-refractivity contribution is 0.186. The lowest BCUT2D eigenvalue weighted by Gasteiger charge is -2.39. The van der Waals surface area contributed by atoms with Crippen molar-refractivity contribution in [2.45, 2.75) is 18.9 Å². The van der Waals surface area contributed by atoms with Gasteiger partial charge in [0.05, 0.1) is 47.4 Å². The van der Waals surface area contributed by atoms with Crippen LogP contribution in [0.3, 0.4) is 0 Å². The van der Waals surface area contributed by atoms with Crippen molar-refractivity contribution in [2.75, 3.05) is 60.1 Å². The van der Waals surface area contributed by atoms with Crippen LogP contribution in [0.4, 0.5) is 10.5 Å². The van der Waals surface area contributed by atoms with Gasteiger partial charge in [-0.2, -0.15) is 0 Å². The van der Waals surface area contributed by atoms with Gasteiger partial charge in [0.15, 0.2) is 23.0 Å². The van der Waals surface area contributed by atoms with Crippen LogP contribution in [0.25, 0.3) is 0 Å². The van der Waals surface area contributed by atoms with Crippen molar-refractivity contribution < 1.29 is 28.5 Å². The molecule has 0 aliphatic carbocycles. The topological polar surface area (TPSA) is 109 Å². The summed E-state index contributed by atoms with van der Waals surface area (Å²) in [6.45, 7) is 1.80. The van der Waals surface area contributed by atoms with E-state index < -0.39 is 6.03 Å². The number of fused-ring (bicyclic) bond motifs is 1. The molecule has 0 bridgehead atoms. The molecule has 208 valence electrons. The maximum Gasteiger partial charge on any atom is 0.319 e. The summed E-state index contributed by atoms with van der Waals surface area (Å²) in [6.07, 6.45) is 4.79. The molecule has 1 aliphatic heterocycles. The second kappa shape index (κ2) is 12.6. The van der Waals surface area contributed by atoms with E-state index >= 15 is 0 Å². The summed E-state index contributed by atoms with van der Waals surface area (Å²) in [7, 11) is 8.08. The van der Waals surface area contributed by atoms with Gasteiger partial charge in [-0.25, -0.2) is 4.79 Å². The number of carbonyl (C=O) groups is 1. The van der Waals surface area contributed by atoms with Gasteiger partial charge in [-0.1, -0.05) is 0 Å². The van der Waals surface area contributed by atoms with Crippen molar-refractivity contribution in [2.24, 2.45) is 5.73 Å². The Bertz CT molecular complexity index is 1260. The minimum Gasteiger partial charge on any atom is -0.493 e. The summed E-state index contributed by atoms with van der Waals surface area (Å²) in [5.41, 5.74) is 9.76. The lowest BCUT2D eigenvalue weighted by atomic mass is 9.88. The normalized spacial score (nSPS) is 14.7. The zero-order valence-corrected chi connectivity index (χ0v) is 23.1.